The summed E-state index contributed by atoms with van der Waals surface area (Å²) in [6.45, 7) is 11.3. The minimum Gasteiger partial charge on any atom is -0.377 e. The first-order valence-electron chi connectivity index (χ1n) is 7.92. The number of nitrogens with one attached hydrogen (secondary N) is 1. The zero-order valence-electron chi connectivity index (χ0n) is 14.0. The molecule has 1 saturated heterocycles. The fourth-order valence-corrected chi connectivity index (χ4v) is 2.67. The number of methoxy groups -OCH3 is 1. The summed E-state index contributed by atoms with van der Waals surface area (Å²) >= 11 is 0. The van der Waals surface area contributed by atoms with Crippen LogP contribution in [0.5, 0.6) is 0 Å². The van der Waals surface area contributed by atoms with Crippen LogP contribution in [0.2, 0.25) is 0 Å². The summed E-state index contributed by atoms with van der Waals surface area (Å²) in [5, 5.41) is 3.52. The first-order chi connectivity index (χ1) is 9.30. The van der Waals surface area contributed by atoms with Crippen molar-refractivity contribution in [1.29, 1.82) is 0 Å². The van der Waals surface area contributed by atoms with E-state index in [1.165, 1.54) is 0 Å². The van der Waals surface area contributed by atoms with Crippen LogP contribution in [-0.2, 0) is 9.53 Å². The van der Waals surface area contributed by atoms with Gasteiger partial charge in [0, 0.05) is 7.11 Å². The van der Waals surface area contributed by atoms with Gasteiger partial charge in [0.05, 0.1) is 24.4 Å². The molecule has 1 amide bonds. The number of carbonyl (C=O) groups excluding carboxylic acids is 1. The molecule has 0 bridgehead atoms. The summed E-state index contributed by atoms with van der Waals surface area (Å²) in [6, 6.07) is -0.00800. The lowest BCUT2D eigenvalue weighted by Gasteiger charge is -2.33. The Labute approximate surface area is 124 Å². The van der Waals surface area contributed by atoms with Crippen LogP contribution in [0.4, 0.5) is 0 Å². The van der Waals surface area contributed by atoms with E-state index >= 15 is 0 Å². The van der Waals surface area contributed by atoms with Gasteiger partial charge >= 0.3 is 0 Å². The smallest absolute Gasteiger partial charge is 0.241 e. The zero-order chi connectivity index (χ0) is 15.3. The average Bonchev–Trinajstić information content (AvgIpc) is 2.64. The lowest BCUT2D eigenvalue weighted by molar-refractivity contribution is -0.134. The van der Waals surface area contributed by atoms with Crippen LogP contribution in [0.3, 0.4) is 0 Å². The number of rotatable bonds is 8. The SMILES string of the molecule is CCCCC1NC(CC(C)C)N(CC(C)(C)OC)C1=O. The molecule has 2 atom stereocenters. The molecule has 20 heavy (non-hydrogen) atoms. The highest BCUT2D eigenvalue weighted by molar-refractivity contribution is 5.84. The van der Waals surface area contributed by atoms with Crippen LogP contribution in [0.25, 0.3) is 0 Å². The Kier molecular flexibility index (Phi) is 6.46. The zero-order valence-corrected chi connectivity index (χ0v) is 14.0. The minimum absolute atomic E-state index is 0.00800. The predicted octanol–water partition coefficient (Wildman–Crippen LogP) is 2.77. The van der Waals surface area contributed by atoms with Crippen LogP contribution < -0.4 is 5.32 Å². The quantitative estimate of drug-likeness (QED) is 0.745. The van der Waals surface area contributed by atoms with Gasteiger partial charge in [0.1, 0.15) is 0 Å². The molecular formula is C16H32N2O2. The molecule has 1 heterocycles. The highest BCUT2D eigenvalue weighted by atomic mass is 16.5. The highest BCUT2D eigenvalue weighted by Gasteiger charge is 2.40. The molecular weight excluding hydrogens is 252 g/mol. The van der Waals surface area contributed by atoms with Crippen LogP contribution in [0.15, 0.2) is 0 Å². The summed E-state index contributed by atoms with van der Waals surface area (Å²) in [4.78, 5) is 14.6. The molecule has 4 heteroatoms. The maximum Gasteiger partial charge on any atom is 0.241 e. The van der Waals surface area contributed by atoms with Gasteiger partial charge in [-0.05, 0) is 32.6 Å². The van der Waals surface area contributed by atoms with Crippen molar-refractivity contribution in [3.05, 3.63) is 0 Å². The Morgan fingerprint density at radius 1 is 1.40 bits per heavy atom. The molecule has 0 aromatic carbocycles. The Balaban J connectivity index is 2.76. The number of hydrogen-bond acceptors (Lipinski definition) is 3. The minimum atomic E-state index is -0.299. The normalized spacial score (nSPS) is 23.9. The molecule has 1 aliphatic heterocycles. The molecule has 1 fully saturated rings. The van der Waals surface area contributed by atoms with Crippen molar-refractivity contribution in [3.8, 4) is 0 Å². The maximum atomic E-state index is 12.6. The second-order valence-electron chi connectivity index (χ2n) is 6.94. The Morgan fingerprint density at radius 3 is 2.55 bits per heavy atom. The van der Waals surface area contributed by atoms with Crippen molar-refractivity contribution in [1.82, 2.24) is 10.2 Å². The summed E-state index contributed by atoms with van der Waals surface area (Å²) in [7, 11) is 1.71. The summed E-state index contributed by atoms with van der Waals surface area (Å²) in [5.41, 5.74) is -0.299. The third-order valence-electron chi connectivity index (χ3n) is 4.00. The van der Waals surface area contributed by atoms with Crippen molar-refractivity contribution in [2.45, 2.75) is 78.1 Å². The van der Waals surface area contributed by atoms with Crippen LogP contribution >= 0.6 is 0 Å². The van der Waals surface area contributed by atoms with E-state index in [0.29, 0.717) is 12.5 Å². The van der Waals surface area contributed by atoms with Gasteiger partial charge in [0.25, 0.3) is 0 Å². The molecule has 118 valence electrons. The van der Waals surface area contributed by atoms with E-state index < -0.39 is 0 Å². The van der Waals surface area contributed by atoms with Crippen molar-refractivity contribution < 1.29 is 9.53 Å². The standard InChI is InChI=1S/C16H32N2O2/c1-7-8-9-13-15(19)18(11-16(4,5)20-6)14(17-13)10-12(2)3/h12-14,17H,7-11H2,1-6H3. The Hall–Kier alpha value is -0.610. The van der Waals surface area contributed by atoms with E-state index in [1.54, 1.807) is 7.11 Å². The van der Waals surface area contributed by atoms with Crippen LogP contribution in [0.1, 0.15) is 60.3 Å². The first kappa shape index (κ1) is 17.4. The molecule has 0 radical (unpaired) electrons. The van der Waals surface area contributed by atoms with Gasteiger partial charge < -0.3 is 9.64 Å². The van der Waals surface area contributed by atoms with E-state index in [-0.39, 0.29) is 23.7 Å². The molecule has 0 aromatic heterocycles. The number of unbranched alkanes of at least 4 members (excludes halogenated alkanes) is 1. The van der Waals surface area contributed by atoms with E-state index in [2.05, 4.69) is 26.1 Å². The van der Waals surface area contributed by atoms with Gasteiger partial charge in [-0.25, -0.2) is 0 Å². The summed E-state index contributed by atoms with van der Waals surface area (Å²) in [5.74, 6) is 0.813. The van der Waals surface area contributed by atoms with Gasteiger partial charge in [-0.2, -0.15) is 0 Å². The van der Waals surface area contributed by atoms with Gasteiger partial charge in [-0.3, -0.25) is 10.1 Å². The van der Waals surface area contributed by atoms with Crippen molar-refractivity contribution in [3.63, 3.8) is 0 Å². The molecule has 0 saturated carbocycles. The third kappa shape index (κ3) is 4.74. The molecule has 1 N–H and O–H groups in total. The Morgan fingerprint density at radius 2 is 2.05 bits per heavy atom. The lowest BCUT2D eigenvalue weighted by atomic mass is 10.1. The largest absolute Gasteiger partial charge is 0.377 e. The number of carbonyl (C=O) groups is 1. The molecule has 1 rings (SSSR count). The second-order valence-corrected chi connectivity index (χ2v) is 6.94. The number of amides is 1. The maximum absolute atomic E-state index is 12.6. The molecule has 2 unspecified atom stereocenters. The molecule has 4 nitrogen and oxygen atoms in total. The van der Waals surface area contributed by atoms with Crippen molar-refractivity contribution >= 4 is 5.91 Å². The van der Waals surface area contributed by atoms with Crippen molar-refractivity contribution in [2.75, 3.05) is 13.7 Å². The average molecular weight is 284 g/mol. The van der Waals surface area contributed by atoms with Gasteiger partial charge in [0.15, 0.2) is 0 Å². The predicted molar refractivity (Wildman–Crippen MR) is 82.5 cm³/mol. The molecule has 0 aliphatic carbocycles. The highest BCUT2D eigenvalue weighted by Crippen LogP contribution is 2.23. The van der Waals surface area contributed by atoms with Crippen LogP contribution in [-0.4, -0.2) is 42.3 Å². The number of ether oxygens (including phenoxy) is 1. The van der Waals surface area contributed by atoms with Gasteiger partial charge in [-0.15, -0.1) is 0 Å². The van der Waals surface area contributed by atoms with Gasteiger partial charge in [0.2, 0.25) is 5.91 Å². The number of nitrogens with zero attached hydrogens (tertiary/aromatic N) is 1. The first-order valence-corrected chi connectivity index (χ1v) is 7.92. The molecule has 0 spiro atoms. The summed E-state index contributed by atoms with van der Waals surface area (Å²) in [6.07, 6.45) is 4.31. The van der Waals surface area contributed by atoms with E-state index in [1.807, 2.05) is 18.7 Å². The van der Waals surface area contributed by atoms with Crippen molar-refractivity contribution in [2.24, 2.45) is 5.92 Å². The number of hydrogen-bond donors (Lipinski definition) is 1. The molecule has 1 aliphatic rings. The topological polar surface area (TPSA) is 41.6 Å². The Bertz CT molecular complexity index is 316. The fraction of sp³-hybridized carbons (Fsp3) is 0.938. The monoisotopic (exact) mass is 284 g/mol. The molecule has 0 aromatic rings. The van der Waals surface area contributed by atoms with Crippen LogP contribution in [0, 0.1) is 5.92 Å². The fourth-order valence-electron chi connectivity index (χ4n) is 2.67. The lowest BCUT2D eigenvalue weighted by Crippen LogP contribution is -2.46. The van der Waals surface area contributed by atoms with E-state index in [4.69, 9.17) is 4.74 Å². The van der Waals surface area contributed by atoms with E-state index in [0.717, 1.165) is 25.7 Å². The second kappa shape index (κ2) is 7.41. The van der Waals surface area contributed by atoms with E-state index in [9.17, 15) is 4.79 Å². The third-order valence-corrected chi connectivity index (χ3v) is 4.00. The summed E-state index contributed by atoms with van der Waals surface area (Å²) < 4.78 is 5.50. The van der Waals surface area contributed by atoms with Gasteiger partial charge in [-0.1, -0.05) is 33.6 Å².